The molecular formula is C20H24NO4+. The Bertz CT molecular complexity index is 848. The summed E-state index contributed by atoms with van der Waals surface area (Å²) in [6.07, 6.45) is 1.79. The first-order chi connectivity index (χ1) is 12.0. The predicted molar refractivity (Wildman–Crippen MR) is 94.2 cm³/mol. The van der Waals surface area contributed by atoms with Crippen LogP contribution in [0.5, 0.6) is 23.0 Å². The van der Waals surface area contributed by atoms with Crippen LogP contribution in [-0.2, 0) is 19.4 Å². The number of hydrogen-bond donors (Lipinski definition) is 2. The minimum Gasteiger partial charge on any atom is -0.504 e. The Kier molecular flexibility index (Phi) is 3.58. The second kappa shape index (κ2) is 5.56. The summed E-state index contributed by atoms with van der Waals surface area (Å²) in [6, 6.07) is 8.03. The van der Waals surface area contributed by atoms with Crippen molar-refractivity contribution in [1.82, 2.24) is 0 Å². The van der Waals surface area contributed by atoms with Gasteiger partial charge in [0.2, 0.25) is 0 Å². The van der Waals surface area contributed by atoms with E-state index < -0.39 is 0 Å². The van der Waals surface area contributed by atoms with Gasteiger partial charge in [0, 0.05) is 18.4 Å². The molecule has 2 N–H and O–H groups in total. The molecule has 0 saturated carbocycles. The van der Waals surface area contributed by atoms with Crippen LogP contribution in [0.2, 0.25) is 0 Å². The van der Waals surface area contributed by atoms with Gasteiger partial charge in [0.05, 0.1) is 33.4 Å². The Hall–Kier alpha value is -2.40. The van der Waals surface area contributed by atoms with Gasteiger partial charge >= 0.3 is 0 Å². The second-order valence-electron chi connectivity index (χ2n) is 7.31. The van der Waals surface area contributed by atoms with Gasteiger partial charge in [-0.1, -0.05) is 6.07 Å². The number of phenols is 2. The number of quaternary nitrogens is 1. The number of nitrogens with zero attached hydrogens (tertiary/aromatic N) is 1. The third-order valence-electron chi connectivity index (χ3n) is 5.94. The summed E-state index contributed by atoms with van der Waals surface area (Å²) in [5.74, 6) is 1.53. The minimum atomic E-state index is -0.0346. The third kappa shape index (κ3) is 2.34. The lowest BCUT2D eigenvalue weighted by atomic mass is 9.81. The van der Waals surface area contributed by atoms with Crippen molar-refractivity contribution in [2.24, 2.45) is 0 Å². The molecule has 0 saturated heterocycles. The van der Waals surface area contributed by atoms with Gasteiger partial charge < -0.3 is 24.2 Å². The van der Waals surface area contributed by atoms with E-state index in [0.717, 1.165) is 46.5 Å². The quantitative estimate of drug-likeness (QED) is 0.651. The highest BCUT2D eigenvalue weighted by Crippen LogP contribution is 2.48. The van der Waals surface area contributed by atoms with Gasteiger partial charge in [-0.2, -0.15) is 0 Å². The molecule has 2 atom stereocenters. The Morgan fingerprint density at radius 2 is 1.76 bits per heavy atom. The van der Waals surface area contributed by atoms with E-state index in [0.29, 0.717) is 12.6 Å². The first-order valence-corrected chi connectivity index (χ1v) is 8.58. The number of hydrogen-bond acceptors (Lipinski definition) is 4. The summed E-state index contributed by atoms with van der Waals surface area (Å²) >= 11 is 0. The van der Waals surface area contributed by atoms with Crippen LogP contribution in [0.1, 0.15) is 28.3 Å². The molecule has 2 aliphatic heterocycles. The van der Waals surface area contributed by atoms with E-state index in [1.165, 1.54) is 11.1 Å². The lowest BCUT2D eigenvalue weighted by Gasteiger charge is -2.49. The Morgan fingerprint density at radius 1 is 1.04 bits per heavy atom. The maximum Gasteiger partial charge on any atom is 0.166 e. The summed E-state index contributed by atoms with van der Waals surface area (Å²) < 4.78 is 11.8. The van der Waals surface area contributed by atoms with Crippen molar-refractivity contribution in [2.75, 3.05) is 27.8 Å². The number of ether oxygens (including phenoxy) is 2. The monoisotopic (exact) mass is 342 g/mol. The zero-order chi connectivity index (χ0) is 17.8. The fourth-order valence-electron chi connectivity index (χ4n) is 4.45. The first kappa shape index (κ1) is 16.1. The van der Waals surface area contributed by atoms with Crippen LogP contribution in [0.4, 0.5) is 0 Å². The van der Waals surface area contributed by atoms with Gasteiger partial charge in [-0.25, -0.2) is 0 Å². The first-order valence-electron chi connectivity index (χ1n) is 8.58. The zero-order valence-electron chi connectivity index (χ0n) is 14.9. The van der Waals surface area contributed by atoms with E-state index in [4.69, 9.17) is 9.47 Å². The van der Waals surface area contributed by atoms with Crippen LogP contribution in [0, 0.1) is 0 Å². The van der Waals surface area contributed by atoms with Crippen LogP contribution >= 0.6 is 0 Å². The zero-order valence-corrected chi connectivity index (χ0v) is 14.9. The summed E-state index contributed by atoms with van der Waals surface area (Å²) in [5, 5.41) is 20.1. The maximum absolute atomic E-state index is 10.3. The van der Waals surface area contributed by atoms with E-state index in [1.54, 1.807) is 20.3 Å². The molecule has 5 nitrogen and oxygen atoms in total. The van der Waals surface area contributed by atoms with E-state index in [-0.39, 0.29) is 11.5 Å². The molecular weight excluding hydrogens is 318 g/mol. The number of benzene rings is 2. The average Bonchev–Trinajstić information content (AvgIpc) is 2.62. The van der Waals surface area contributed by atoms with Gasteiger partial charge in [0.15, 0.2) is 23.0 Å². The van der Waals surface area contributed by atoms with Gasteiger partial charge in [0.1, 0.15) is 12.6 Å². The van der Waals surface area contributed by atoms with Crippen molar-refractivity contribution in [1.29, 1.82) is 0 Å². The highest BCUT2D eigenvalue weighted by Gasteiger charge is 2.44. The molecule has 2 unspecified atom stereocenters. The van der Waals surface area contributed by atoms with Crippen molar-refractivity contribution in [3.05, 3.63) is 46.5 Å². The third-order valence-corrected chi connectivity index (χ3v) is 5.94. The maximum atomic E-state index is 10.3. The van der Waals surface area contributed by atoms with Crippen molar-refractivity contribution < 1.29 is 24.2 Å². The summed E-state index contributed by atoms with van der Waals surface area (Å²) in [5.41, 5.74) is 4.59. The normalized spacial score (nSPS) is 24.0. The van der Waals surface area contributed by atoms with Gasteiger partial charge in [-0.15, -0.1) is 0 Å². The number of phenolic OH excluding ortho intramolecular Hbond substituents is 2. The molecule has 5 heteroatoms. The molecule has 0 amide bonds. The standard InChI is InChI=1S/C20H23NO4/c1-21-7-6-13-9-18(24-2)19(25-3)10-14(13)16(21)8-12-4-5-17(22)20(23)15(12)11-21/h4-5,9-10,16H,6-8,11H2,1-3H3,(H-,22,23)/p+1. The van der Waals surface area contributed by atoms with Crippen LogP contribution in [0.15, 0.2) is 24.3 Å². The number of rotatable bonds is 2. The summed E-state index contributed by atoms with van der Waals surface area (Å²) in [6.45, 7) is 1.70. The molecule has 2 aromatic carbocycles. The van der Waals surface area contributed by atoms with Crippen LogP contribution in [-0.4, -0.2) is 42.5 Å². The number of likely N-dealkylation sites (N-methyl/N-ethyl adjacent to an activating group) is 1. The van der Waals surface area contributed by atoms with Crippen molar-refractivity contribution in [2.45, 2.75) is 25.4 Å². The lowest BCUT2D eigenvalue weighted by Crippen LogP contribution is -2.53. The molecule has 132 valence electrons. The Labute approximate surface area is 147 Å². The second-order valence-corrected chi connectivity index (χ2v) is 7.31. The topological polar surface area (TPSA) is 58.9 Å². The fraction of sp³-hybridized carbons (Fsp3) is 0.400. The molecule has 0 spiro atoms. The lowest BCUT2D eigenvalue weighted by molar-refractivity contribution is -0.956. The summed E-state index contributed by atoms with van der Waals surface area (Å²) in [4.78, 5) is 0. The van der Waals surface area contributed by atoms with Crippen LogP contribution in [0.3, 0.4) is 0 Å². The molecule has 2 aliphatic rings. The Morgan fingerprint density at radius 3 is 2.48 bits per heavy atom. The van der Waals surface area contributed by atoms with E-state index in [1.807, 2.05) is 6.07 Å². The van der Waals surface area contributed by atoms with Crippen LogP contribution in [0.25, 0.3) is 0 Å². The highest BCUT2D eigenvalue weighted by molar-refractivity contribution is 5.52. The number of aromatic hydroxyl groups is 2. The fourth-order valence-corrected chi connectivity index (χ4v) is 4.45. The molecule has 0 fully saturated rings. The molecule has 0 bridgehead atoms. The molecule has 25 heavy (non-hydrogen) atoms. The largest absolute Gasteiger partial charge is 0.504 e. The van der Waals surface area contributed by atoms with Gasteiger partial charge in [-0.05, 0) is 29.3 Å². The molecule has 2 aromatic rings. The smallest absolute Gasteiger partial charge is 0.166 e. The average molecular weight is 342 g/mol. The molecule has 0 aromatic heterocycles. The molecule has 4 rings (SSSR count). The van der Waals surface area contributed by atoms with Gasteiger partial charge in [0.25, 0.3) is 0 Å². The SMILES string of the molecule is COc1cc2c(cc1OC)C1Cc3ccc(O)c(O)c3C[N+]1(C)CC2. The van der Waals surface area contributed by atoms with Crippen molar-refractivity contribution in [3.63, 3.8) is 0 Å². The number of fused-ring (bicyclic) bond motifs is 4. The minimum absolute atomic E-state index is 0.0346. The molecule has 2 heterocycles. The molecule has 0 aliphatic carbocycles. The van der Waals surface area contributed by atoms with E-state index >= 15 is 0 Å². The van der Waals surface area contributed by atoms with Crippen LogP contribution < -0.4 is 9.47 Å². The van der Waals surface area contributed by atoms with Gasteiger partial charge in [-0.3, -0.25) is 0 Å². The van der Waals surface area contributed by atoms with E-state index in [9.17, 15) is 10.2 Å². The Balaban J connectivity index is 1.84. The molecule has 0 radical (unpaired) electrons. The van der Waals surface area contributed by atoms with E-state index in [2.05, 4.69) is 19.2 Å². The van der Waals surface area contributed by atoms with Crippen molar-refractivity contribution >= 4 is 0 Å². The number of methoxy groups -OCH3 is 2. The highest BCUT2D eigenvalue weighted by atomic mass is 16.5. The van der Waals surface area contributed by atoms with Crippen molar-refractivity contribution in [3.8, 4) is 23.0 Å². The predicted octanol–water partition coefficient (Wildman–Crippen LogP) is 2.92. The summed E-state index contributed by atoms with van der Waals surface area (Å²) in [7, 11) is 5.56.